The van der Waals surface area contributed by atoms with Gasteiger partial charge < -0.3 is 14.8 Å². The van der Waals surface area contributed by atoms with Gasteiger partial charge in [-0.3, -0.25) is 4.79 Å². The molecule has 0 bridgehead atoms. The molecular weight excluding hydrogens is 380 g/mol. The van der Waals surface area contributed by atoms with Crippen LogP contribution in [-0.2, 0) is 21.2 Å². The van der Waals surface area contributed by atoms with Crippen LogP contribution in [0.3, 0.4) is 0 Å². The van der Waals surface area contributed by atoms with Gasteiger partial charge in [0.05, 0.1) is 13.7 Å². The highest BCUT2D eigenvalue weighted by Crippen LogP contribution is 2.29. The van der Waals surface area contributed by atoms with Crippen LogP contribution in [0.5, 0.6) is 11.5 Å². The molecule has 2 rings (SSSR count). The van der Waals surface area contributed by atoms with Crippen molar-refractivity contribution in [1.29, 1.82) is 0 Å². The summed E-state index contributed by atoms with van der Waals surface area (Å²) >= 11 is 0. The van der Waals surface area contributed by atoms with E-state index in [1.54, 1.807) is 26.2 Å². The predicted molar refractivity (Wildman–Crippen MR) is 108 cm³/mol. The van der Waals surface area contributed by atoms with E-state index >= 15 is 0 Å². The average molecular weight is 407 g/mol. The van der Waals surface area contributed by atoms with Crippen LogP contribution in [0, 0.1) is 0 Å². The Balaban J connectivity index is 2.16. The summed E-state index contributed by atoms with van der Waals surface area (Å²) in [5.41, 5.74) is 1.33. The molecule has 0 unspecified atom stereocenters. The molecule has 0 aliphatic heterocycles. The first-order valence-electron chi connectivity index (χ1n) is 8.90. The van der Waals surface area contributed by atoms with E-state index in [4.69, 9.17) is 9.47 Å². The number of hydrogen-bond donors (Lipinski definition) is 1. The van der Waals surface area contributed by atoms with Crippen molar-refractivity contribution in [2.24, 2.45) is 0 Å². The lowest BCUT2D eigenvalue weighted by molar-refractivity contribution is -0.116. The molecule has 1 N–H and O–H groups in total. The molecule has 0 radical (unpaired) electrons. The minimum absolute atomic E-state index is 0.0156. The van der Waals surface area contributed by atoms with Gasteiger partial charge in [-0.25, -0.2) is 12.7 Å². The second-order valence-corrected chi connectivity index (χ2v) is 8.36. The highest BCUT2D eigenvalue weighted by atomic mass is 32.2. The number of nitrogens with zero attached hydrogens (tertiary/aromatic N) is 1. The molecule has 0 saturated carbocycles. The molecule has 0 fully saturated rings. The monoisotopic (exact) mass is 406 g/mol. The van der Waals surface area contributed by atoms with Crippen molar-refractivity contribution in [3.8, 4) is 11.5 Å². The molecule has 0 aliphatic carbocycles. The maximum Gasteiger partial charge on any atom is 0.246 e. The van der Waals surface area contributed by atoms with E-state index in [1.807, 2.05) is 24.3 Å². The van der Waals surface area contributed by atoms with Crippen molar-refractivity contribution < 1.29 is 22.7 Å². The topological polar surface area (TPSA) is 84.9 Å². The summed E-state index contributed by atoms with van der Waals surface area (Å²) in [5.74, 6) is 0.766. The van der Waals surface area contributed by atoms with Crippen LogP contribution in [-0.4, -0.2) is 46.4 Å². The molecule has 0 spiro atoms. The van der Waals surface area contributed by atoms with Crippen LogP contribution < -0.4 is 14.8 Å². The number of carbonyl (C=O) groups is 1. The van der Waals surface area contributed by atoms with Gasteiger partial charge in [-0.15, -0.1) is 0 Å². The van der Waals surface area contributed by atoms with Gasteiger partial charge in [0.2, 0.25) is 15.9 Å². The number of para-hydroxylation sites is 1. The van der Waals surface area contributed by atoms with Crippen LogP contribution in [0.4, 0.5) is 5.69 Å². The van der Waals surface area contributed by atoms with Crippen molar-refractivity contribution >= 4 is 21.6 Å². The SMILES string of the molecule is CCOc1ccc(NC(=O)CCc2ccccc2OC)cc1S(=O)(=O)N(C)C. The van der Waals surface area contributed by atoms with E-state index in [1.165, 1.54) is 20.2 Å². The summed E-state index contributed by atoms with van der Waals surface area (Å²) in [5, 5.41) is 2.75. The summed E-state index contributed by atoms with van der Waals surface area (Å²) in [7, 11) is 0.773. The Bertz CT molecular complexity index is 926. The normalized spacial score (nSPS) is 11.3. The lowest BCUT2D eigenvalue weighted by atomic mass is 10.1. The highest BCUT2D eigenvalue weighted by Gasteiger charge is 2.23. The Hall–Kier alpha value is -2.58. The maximum absolute atomic E-state index is 12.6. The molecule has 8 heteroatoms. The van der Waals surface area contributed by atoms with Gasteiger partial charge in [-0.05, 0) is 43.2 Å². The van der Waals surface area contributed by atoms with Gasteiger partial charge in [-0.2, -0.15) is 0 Å². The largest absolute Gasteiger partial charge is 0.496 e. The summed E-state index contributed by atoms with van der Waals surface area (Å²) in [6, 6.07) is 12.1. The van der Waals surface area contributed by atoms with Crippen molar-refractivity contribution in [1.82, 2.24) is 4.31 Å². The fourth-order valence-electron chi connectivity index (χ4n) is 2.64. The second kappa shape index (κ2) is 9.57. The molecule has 2 aromatic rings. The Morgan fingerprint density at radius 2 is 1.82 bits per heavy atom. The standard InChI is InChI=1S/C20H26N2O5S/c1-5-27-18-12-11-16(14-19(18)28(24,25)22(2)3)21-20(23)13-10-15-8-6-7-9-17(15)26-4/h6-9,11-12,14H,5,10,13H2,1-4H3,(H,21,23). The molecular formula is C20H26N2O5S. The van der Waals surface area contributed by atoms with E-state index in [0.717, 1.165) is 15.6 Å². The molecule has 152 valence electrons. The first kappa shape index (κ1) is 21.7. The number of aryl methyl sites for hydroxylation is 1. The molecule has 1 amide bonds. The zero-order valence-electron chi connectivity index (χ0n) is 16.6. The number of sulfonamides is 1. The smallest absolute Gasteiger partial charge is 0.246 e. The third kappa shape index (κ3) is 5.24. The predicted octanol–water partition coefficient (Wildman–Crippen LogP) is 2.92. The van der Waals surface area contributed by atoms with Gasteiger partial charge in [0, 0.05) is 26.2 Å². The fourth-order valence-corrected chi connectivity index (χ4v) is 3.69. The maximum atomic E-state index is 12.6. The van der Waals surface area contributed by atoms with Gasteiger partial charge >= 0.3 is 0 Å². The Morgan fingerprint density at radius 3 is 2.46 bits per heavy atom. The first-order chi connectivity index (χ1) is 13.3. The Kier molecular flexibility index (Phi) is 7.42. The Morgan fingerprint density at radius 1 is 1.11 bits per heavy atom. The van der Waals surface area contributed by atoms with Crippen LogP contribution in [0.1, 0.15) is 18.9 Å². The summed E-state index contributed by atoms with van der Waals surface area (Å²) in [6.45, 7) is 2.11. The highest BCUT2D eigenvalue weighted by molar-refractivity contribution is 7.89. The third-order valence-corrected chi connectivity index (χ3v) is 5.94. The molecule has 7 nitrogen and oxygen atoms in total. The van der Waals surface area contributed by atoms with Crippen LogP contribution in [0.2, 0.25) is 0 Å². The molecule has 2 aromatic carbocycles. The van der Waals surface area contributed by atoms with E-state index in [2.05, 4.69) is 5.32 Å². The van der Waals surface area contributed by atoms with Gasteiger partial charge in [0.1, 0.15) is 16.4 Å². The molecule has 0 saturated heterocycles. The van der Waals surface area contributed by atoms with Crippen molar-refractivity contribution in [3.05, 3.63) is 48.0 Å². The van der Waals surface area contributed by atoms with Gasteiger partial charge in [-0.1, -0.05) is 18.2 Å². The van der Waals surface area contributed by atoms with Crippen LogP contribution in [0.15, 0.2) is 47.4 Å². The number of methoxy groups -OCH3 is 1. The minimum Gasteiger partial charge on any atom is -0.496 e. The molecule has 0 aliphatic rings. The number of hydrogen-bond acceptors (Lipinski definition) is 5. The van der Waals surface area contributed by atoms with Gasteiger partial charge in [0.25, 0.3) is 0 Å². The number of rotatable bonds is 9. The minimum atomic E-state index is -3.71. The van der Waals surface area contributed by atoms with Crippen LogP contribution in [0.25, 0.3) is 0 Å². The first-order valence-corrected chi connectivity index (χ1v) is 10.3. The van der Waals surface area contributed by atoms with Gasteiger partial charge in [0.15, 0.2) is 0 Å². The molecule has 28 heavy (non-hydrogen) atoms. The number of anilines is 1. The zero-order valence-corrected chi connectivity index (χ0v) is 17.4. The molecule has 0 aromatic heterocycles. The fraction of sp³-hybridized carbons (Fsp3) is 0.350. The van der Waals surface area contributed by atoms with E-state index in [-0.39, 0.29) is 23.0 Å². The lowest BCUT2D eigenvalue weighted by Crippen LogP contribution is -2.23. The quantitative estimate of drug-likeness (QED) is 0.692. The lowest BCUT2D eigenvalue weighted by Gasteiger charge is -2.16. The average Bonchev–Trinajstić information content (AvgIpc) is 2.67. The van der Waals surface area contributed by atoms with E-state index in [9.17, 15) is 13.2 Å². The number of ether oxygens (including phenoxy) is 2. The third-order valence-electron chi connectivity index (χ3n) is 4.10. The number of carbonyl (C=O) groups excluding carboxylic acids is 1. The van der Waals surface area contributed by atoms with Crippen molar-refractivity contribution in [2.75, 3.05) is 33.1 Å². The van der Waals surface area contributed by atoms with E-state index < -0.39 is 10.0 Å². The zero-order chi connectivity index (χ0) is 20.7. The summed E-state index contributed by atoms with van der Waals surface area (Å²) < 4.78 is 37.0. The van der Waals surface area contributed by atoms with Crippen LogP contribution >= 0.6 is 0 Å². The number of benzene rings is 2. The van der Waals surface area contributed by atoms with Crippen molar-refractivity contribution in [2.45, 2.75) is 24.7 Å². The van der Waals surface area contributed by atoms with E-state index in [0.29, 0.717) is 18.7 Å². The second-order valence-electron chi connectivity index (χ2n) is 6.24. The molecule has 0 atom stereocenters. The van der Waals surface area contributed by atoms with Crippen molar-refractivity contribution in [3.63, 3.8) is 0 Å². The molecule has 0 heterocycles. The summed E-state index contributed by atoms with van der Waals surface area (Å²) in [6.07, 6.45) is 0.749. The Labute approximate surface area is 166 Å². The number of nitrogens with one attached hydrogen (secondary N) is 1. The summed E-state index contributed by atoms with van der Waals surface area (Å²) in [4.78, 5) is 12.4. The number of amides is 1.